The number of hydrogen-bond donors (Lipinski definition) is 1. The third kappa shape index (κ3) is 2.95. The molecule has 0 spiro atoms. The molecule has 1 aliphatic rings. The maximum Gasteiger partial charge on any atom is 0.316 e. The highest BCUT2D eigenvalue weighted by Crippen LogP contribution is 2.25. The van der Waals surface area contributed by atoms with Crippen LogP contribution in [0.25, 0.3) is 11.1 Å². The van der Waals surface area contributed by atoms with Crippen LogP contribution in [0.2, 0.25) is 0 Å². The zero-order valence-electron chi connectivity index (χ0n) is 11.7. The van der Waals surface area contributed by atoms with Gasteiger partial charge in [0, 0.05) is 12.1 Å². The summed E-state index contributed by atoms with van der Waals surface area (Å²) in [6.45, 7) is 1.56. The number of sulfone groups is 1. The number of oxazole rings is 1. The number of fused-ring (bicyclic) bond motifs is 1. The molecule has 0 bridgehead atoms. The number of piperidine rings is 1. The molecule has 8 nitrogen and oxygen atoms in total. The predicted octanol–water partition coefficient (Wildman–Crippen LogP) is 1.51. The lowest BCUT2D eigenvalue weighted by molar-refractivity contribution is -0.384. The van der Waals surface area contributed by atoms with Crippen molar-refractivity contribution in [2.75, 3.05) is 18.8 Å². The minimum atomic E-state index is -3.64. The maximum atomic E-state index is 12.4. The fourth-order valence-electron chi connectivity index (χ4n) is 2.59. The SMILES string of the molecule is O=[N+]([O-])c1ccc2oc(S(=O)(=O)C[C@H]3CCCNC3)nc2c1. The highest BCUT2D eigenvalue weighted by molar-refractivity contribution is 7.91. The van der Waals surface area contributed by atoms with Crippen LogP contribution in [0.5, 0.6) is 0 Å². The van der Waals surface area contributed by atoms with Crippen LogP contribution >= 0.6 is 0 Å². The van der Waals surface area contributed by atoms with Crippen LogP contribution in [0.1, 0.15) is 12.8 Å². The van der Waals surface area contributed by atoms with Gasteiger partial charge in [-0.05, 0) is 37.9 Å². The molecule has 1 saturated heterocycles. The molecule has 2 aromatic rings. The van der Waals surface area contributed by atoms with Gasteiger partial charge in [-0.1, -0.05) is 0 Å². The first-order chi connectivity index (χ1) is 10.5. The highest BCUT2D eigenvalue weighted by Gasteiger charge is 2.27. The van der Waals surface area contributed by atoms with Gasteiger partial charge in [0.25, 0.3) is 5.69 Å². The molecule has 0 amide bonds. The summed E-state index contributed by atoms with van der Waals surface area (Å²) < 4.78 is 30.0. The van der Waals surface area contributed by atoms with Crippen LogP contribution in [0, 0.1) is 16.0 Å². The van der Waals surface area contributed by atoms with E-state index in [0.29, 0.717) is 6.54 Å². The molecule has 1 N–H and O–H groups in total. The van der Waals surface area contributed by atoms with Crippen LogP contribution < -0.4 is 5.32 Å². The third-order valence-electron chi connectivity index (χ3n) is 3.68. The van der Waals surface area contributed by atoms with Crippen molar-refractivity contribution >= 4 is 26.6 Å². The second kappa shape index (κ2) is 5.65. The van der Waals surface area contributed by atoms with E-state index < -0.39 is 14.8 Å². The molecule has 0 saturated carbocycles. The van der Waals surface area contributed by atoms with Gasteiger partial charge in [0.2, 0.25) is 9.84 Å². The van der Waals surface area contributed by atoms with Gasteiger partial charge in [0.05, 0.1) is 10.7 Å². The summed E-state index contributed by atoms with van der Waals surface area (Å²) in [6, 6.07) is 3.83. The molecule has 1 atom stereocenters. The lowest BCUT2D eigenvalue weighted by Crippen LogP contribution is -2.33. The van der Waals surface area contributed by atoms with Crippen LogP contribution in [-0.4, -0.2) is 37.2 Å². The molecule has 22 heavy (non-hydrogen) atoms. The van der Waals surface area contributed by atoms with Gasteiger partial charge in [-0.15, -0.1) is 0 Å². The second-order valence-electron chi connectivity index (χ2n) is 5.38. The molecule has 1 aromatic heterocycles. The van der Waals surface area contributed by atoms with E-state index >= 15 is 0 Å². The number of non-ortho nitro benzene ring substituents is 1. The Balaban J connectivity index is 1.89. The Labute approximate surface area is 126 Å². The average Bonchev–Trinajstić information content (AvgIpc) is 2.91. The normalized spacial score (nSPS) is 19.4. The Morgan fingerprint density at radius 1 is 1.45 bits per heavy atom. The van der Waals surface area contributed by atoms with Crippen molar-refractivity contribution in [2.24, 2.45) is 5.92 Å². The fraction of sp³-hybridized carbons (Fsp3) is 0.462. The first kappa shape index (κ1) is 14.9. The van der Waals surface area contributed by atoms with Crippen LogP contribution in [0.4, 0.5) is 5.69 Å². The predicted molar refractivity (Wildman–Crippen MR) is 78.3 cm³/mol. The Bertz CT molecular complexity index is 808. The summed E-state index contributed by atoms with van der Waals surface area (Å²) in [7, 11) is -3.64. The molecule has 2 heterocycles. The summed E-state index contributed by atoms with van der Waals surface area (Å²) >= 11 is 0. The molecule has 1 fully saturated rings. The summed E-state index contributed by atoms with van der Waals surface area (Å²) in [6.07, 6.45) is 1.79. The molecule has 3 rings (SSSR count). The van der Waals surface area contributed by atoms with Crippen LogP contribution in [-0.2, 0) is 9.84 Å². The summed E-state index contributed by atoms with van der Waals surface area (Å²) in [5, 5.41) is 13.5. The smallest absolute Gasteiger partial charge is 0.316 e. The van der Waals surface area contributed by atoms with Gasteiger partial charge >= 0.3 is 5.22 Å². The van der Waals surface area contributed by atoms with Crippen molar-refractivity contribution in [1.29, 1.82) is 0 Å². The molecule has 0 aliphatic carbocycles. The average molecular weight is 325 g/mol. The van der Waals surface area contributed by atoms with Gasteiger partial charge in [0.1, 0.15) is 5.52 Å². The lowest BCUT2D eigenvalue weighted by atomic mass is 10.0. The lowest BCUT2D eigenvalue weighted by Gasteiger charge is -2.21. The van der Waals surface area contributed by atoms with E-state index in [2.05, 4.69) is 10.3 Å². The molecule has 9 heteroatoms. The van der Waals surface area contributed by atoms with E-state index in [-0.39, 0.29) is 33.7 Å². The van der Waals surface area contributed by atoms with Gasteiger partial charge in [-0.25, -0.2) is 8.42 Å². The largest absolute Gasteiger partial charge is 0.428 e. The minimum Gasteiger partial charge on any atom is -0.428 e. The number of nitro groups is 1. The Morgan fingerprint density at radius 3 is 2.95 bits per heavy atom. The van der Waals surface area contributed by atoms with E-state index in [1.165, 1.54) is 18.2 Å². The van der Waals surface area contributed by atoms with Crippen molar-refractivity contribution in [1.82, 2.24) is 10.3 Å². The molecule has 1 aliphatic heterocycles. The standard InChI is InChI=1S/C13H15N3O5S/c17-16(18)10-3-4-12-11(6-10)15-13(21-12)22(19,20)8-9-2-1-5-14-7-9/h3-4,6,9,14H,1-2,5,7-8H2/t9-/m0/s1. The summed E-state index contributed by atoms with van der Waals surface area (Å²) in [4.78, 5) is 14.1. The zero-order valence-corrected chi connectivity index (χ0v) is 12.5. The van der Waals surface area contributed by atoms with E-state index in [1.807, 2.05) is 0 Å². The van der Waals surface area contributed by atoms with Crippen LogP contribution in [0.15, 0.2) is 27.8 Å². The monoisotopic (exact) mass is 325 g/mol. The van der Waals surface area contributed by atoms with E-state index in [4.69, 9.17) is 4.42 Å². The van der Waals surface area contributed by atoms with Crippen LogP contribution in [0.3, 0.4) is 0 Å². The van der Waals surface area contributed by atoms with Gasteiger partial charge < -0.3 is 9.73 Å². The Hall–Kier alpha value is -2.00. The van der Waals surface area contributed by atoms with Gasteiger partial charge in [-0.2, -0.15) is 4.98 Å². The van der Waals surface area contributed by atoms with Gasteiger partial charge in [0.15, 0.2) is 5.58 Å². The van der Waals surface area contributed by atoms with Crippen molar-refractivity contribution < 1.29 is 17.8 Å². The van der Waals surface area contributed by atoms with E-state index in [0.717, 1.165) is 19.4 Å². The van der Waals surface area contributed by atoms with E-state index in [1.54, 1.807) is 0 Å². The molecular formula is C13H15N3O5S. The molecular weight excluding hydrogens is 310 g/mol. The minimum absolute atomic E-state index is 0.0306. The number of nitrogens with one attached hydrogen (secondary N) is 1. The second-order valence-corrected chi connectivity index (χ2v) is 7.29. The van der Waals surface area contributed by atoms with Crippen molar-refractivity contribution in [3.8, 4) is 0 Å². The van der Waals surface area contributed by atoms with Gasteiger partial charge in [-0.3, -0.25) is 10.1 Å². The molecule has 0 radical (unpaired) electrons. The highest BCUT2D eigenvalue weighted by atomic mass is 32.2. The first-order valence-electron chi connectivity index (χ1n) is 6.94. The van der Waals surface area contributed by atoms with Crippen molar-refractivity contribution in [3.05, 3.63) is 28.3 Å². The first-order valence-corrected chi connectivity index (χ1v) is 8.59. The topological polar surface area (TPSA) is 115 Å². The number of nitrogens with zero attached hydrogens (tertiary/aromatic N) is 2. The number of hydrogen-bond acceptors (Lipinski definition) is 7. The molecule has 118 valence electrons. The Kier molecular flexibility index (Phi) is 3.83. The fourth-order valence-corrected chi connectivity index (χ4v) is 4.09. The quantitative estimate of drug-likeness (QED) is 0.669. The third-order valence-corrected chi connectivity index (χ3v) is 5.30. The number of aromatic nitrogens is 1. The number of benzene rings is 1. The number of rotatable bonds is 4. The van der Waals surface area contributed by atoms with Crippen molar-refractivity contribution in [2.45, 2.75) is 18.1 Å². The van der Waals surface area contributed by atoms with E-state index in [9.17, 15) is 18.5 Å². The maximum absolute atomic E-state index is 12.4. The zero-order chi connectivity index (χ0) is 15.7. The summed E-state index contributed by atoms with van der Waals surface area (Å²) in [5.74, 6) is -0.00218. The Morgan fingerprint density at radius 2 is 2.27 bits per heavy atom. The van der Waals surface area contributed by atoms with Crippen molar-refractivity contribution in [3.63, 3.8) is 0 Å². The number of nitro benzene ring substituents is 1. The summed E-state index contributed by atoms with van der Waals surface area (Å²) in [5.41, 5.74) is 0.252. The molecule has 1 aromatic carbocycles. The molecule has 0 unspecified atom stereocenters.